The quantitative estimate of drug-likeness (QED) is 0.730. The monoisotopic (exact) mass is 352 g/mol. The summed E-state index contributed by atoms with van der Waals surface area (Å²) in [5.41, 5.74) is 1.09. The molecule has 0 saturated carbocycles. The molecule has 6 heteroatoms. The van der Waals surface area contributed by atoms with Gasteiger partial charge in [0.2, 0.25) is 0 Å². The molecule has 3 aromatic rings. The number of rotatable bonds is 6. The maximum atomic E-state index is 13.7. The number of amides is 1. The zero-order valence-electron chi connectivity index (χ0n) is 14.1. The van der Waals surface area contributed by atoms with Crippen molar-refractivity contribution in [2.45, 2.75) is 6.54 Å². The molecule has 1 N–H and O–H groups in total. The molecule has 0 aliphatic rings. The van der Waals surface area contributed by atoms with Crippen molar-refractivity contribution in [3.8, 4) is 17.2 Å². The number of nitrogens with one attached hydrogen (secondary N) is 1. The van der Waals surface area contributed by atoms with Gasteiger partial charge in [-0.2, -0.15) is 0 Å². The van der Waals surface area contributed by atoms with Crippen LogP contribution in [0.5, 0.6) is 17.2 Å². The summed E-state index contributed by atoms with van der Waals surface area (Å²) < 4.78 is 24.3. The molecule has 1 heterocycles. The minimum absolute atomic E-state index is 0.168. The predicted octanol–water partition coefficient (Wildman–Crippen LogP) is 3.95. The van der Waals surface area contributed by atoms with Crippen LogP contribution >= 0.6 is 0 Å². The Hall–Kier alpha value is -3.41. The normalized spacial score (nSPS) is 10.2. The van der Waals surface area contributed by atoms with Crippen LogP contribution in [0, 0.1) is 5.82 Å². The minimum Gasteiger partial charge on any atom is -0.494 e. The Labute approximate surface area is 150 Å². The van der Waals surface area contributed by atoms with E-state index in [4.69, 9.17) is 9.47 Å². The van der Waals surface area contributed by atoms with E-state index in [0.717, 1.165) is 0 Å². The van der Waals surface area contributed by atoms with E-state index in [1.165, 1.54) is 19.2 Å². The van der Waals surface area contributed by atoms with Crippen molar-refractivity contribution in [3.63, 3.8) is 0 Å². The molecule has 0 aliphatic heterocycles. The molecule has 1 aromatic heterocycles. The van der Waals surface area contributed by atoms with Crippen LogP contribution in [0.3, 0.4) is 0 Å². The van der Waals surface area contributed by atoms with Crippen LogP contribution in [-0.4, -0.2) is 18.0 Å². The van der Waals surface area contributed by atoms with E-state index in [0.29, 0.717) is 22.6 Å². The number of hydrogen-bond acceptors (Lipinski definition) is 4. The third-order valence-electron chi connectivity index (χ3n) is 3.65. The molecule has 0 radical (unpaired) electrons. The first-order valence-electron chi connectivity index (χ1n) is 7.94. The van der Waals surface area contributed by atoms with Crippen molar-refractivity contribution >= 4 is 5.91 Å². The summed E-state index contributed by atoms with van der Waals surface area (Å²) in [6.45, 7) is 0.204. The lowest BCUT2D eigenvalue weighted by atomic mass is 10.1. The molecule has 3 rings (SSSR count). The average molecular weight is 352 g/mol. The number of methoxy groups -OCH3 is 1. The van der Waals surface area contributed by atoms with Crippen LogP contribution in [0.4, 0.5) is 4.39 Å². The van der Waals surface area contributed by atoms with Crippen LogP contribution in [0.1, 0.15) is 15.9 Å². The Kier molecular flexibility index (Phi) is 5.43. The van der Waals surface area contributed by atoms with E-state index in [-0.39, 0.29) is 18.2 Å². The van der Waals surface area contributed by atoms with Crippen LogP contribution < -0.4 is 14.8 Å². The summed E-state index contributed by atoms with van der Waals surface area (Å²) in [4.78, 5) is 16.3. The summed E-state index contributed by atoms with van der Waals surface area (Å²) in [7, 11) is 1.40. The largest absolute Gasteiger partial charge is 0.494 e. The van der Waals surface area contributed by atoms with Gasteiger partial charge in [0.25, 0.3) is 5.91 Å². The molecular weight excluding hydrogens is 335 g/mol. The number of hydrogen-bond donors (Lipinski definition) is 1. The van der Waals surface area contributed by atoms with Crippen LogP contribution in [0.15, 0.2) is 67.0 Å². The highest BCUT2D eigenvalue weighted by Gasteiger charge is 2.09. The zero-order chi connectivity index (χ0) is 18.4. The van der Waals surface area contributed by atoms with Crippen LogP contribution in [0.25, 0.3) is 0 Å². The van der Waals surface area contributed by atoms with Crippen LogP contribution in [-0.2, 0) is 6.54 Å². The van der Waals surface area contributed by atoms with E-state index in [9.17, 15) is 9.18 Å². The summed E-state index contributed by atoms with van der Waals surface area (Å²) in [6.07, 6.45) is 3.25. The van der Waals surface area contributed by atoms with Gasteiger partial charge in [0.1, 0.15) is 11.5 Å². The highest BCUT2D eigenvalue weighted by molar-refractivity contribution is 5.94. The van der Waals surface area contributed by atoms with Gasteiger partial charge in [-0.15, -0.1) is 0 Å². The summed E-state index contributed by atoms with van der Waals surface area (Å²) in [5, 5.41) is 2.76. The Bertz CT molecular complexity index is 901. The lowest BCUT2D eigenvalue weighted by molar-refractivity contribution is 0.0950. The SMILES string of the molecule is COc1ccc(CNC(=O)c2cccc(Oc3ccncc3)c2)cc1F. The first-order valence-corrected chi connectivity index (χ1v) is 7.94. The fourth-order valence-electron chi connectivity index (χ4n) is 2.35. The highest BCUT2D eigenvalue weighted by atomic mass is 19.1. The summed E-state index contributed by atoms with van der Waals surface area (Å²) in [6, 6.07) is 14.8. The maximum Gasteiger partial charge on any atom is 0.251 e. The van der Waals surface area contributed by atoms with Crippen LogP contribution in [0.2, 0.25) is 0 Å². The van der Waals surface area contributed by atoms with E-state index < -0.39 is 5.82 Å². The second-order valence-electron chi connectivity index (χ2n) is 5.46. The third-order valence-corrected chi connectivity index (χ3v) is 3.65. The predicted molar refractivity (Wildman–Crippen MR) is 94.9 cm³/mol. The molecule has 1 amide bonds. The van der Waals surface area contributed by atoms with Gasteiger partial charge < -0.3 is 14.8 Å². The summed E-state index contributed by atoms with van der Waals surface area (Å²) >= 11 is 0. The Morgan fingerprint density at radius 2 is 1.88 bits per heavy atom. The Morgan fingerprint density at radius 3 is 2.62 bits per heavy atom. The van der Waals surface area contributed by atoms with Crippen molar-refractivity contribution in [1.29, 1.82) is 0 Å². The number of halogens is 1. The molecule has 0 spiro atoms. The standard InChI is InChI=1S/C20H17FN2O3/c1-25-19-6-5-14(11-18(19)21)13-23-20(24)15-3-2-4-17(12-15)26-16-7-9-22-10-8-16/h2-12H,13H2,1H3,(H,23,24). The van der Waals surface area contributed by atoms with Gasteiger partial charge in [-0.3, -0.25) is 9.78 Å². The third kappa shape index (κ3) is 4.36. The molecule has 0 aliphatic carbocycles. The highest BCUT2D eigenvalue weighted by Crippen LogP contribution is 2.21. The smallest absolute Gasteiger partial charge is 0.251 e. The van der Waals surface area contributed by atoms with E-state index >= 15 is 0 Å². The van der Waals surface area contributed by atoms with Crippen molar-refractivity contribution in [2.24, 2.45) is 0 Å². The molecule has 0 unspecified atom stereocenters. The molecule has 132 valence electrons. The first kappa shape index (κ1) is 17.4. The van der Waals surface area contributed by atoms with Gasteiger partial charge in [0, 0.05) is 24.5 Å². The van der Waals surface area contributed by atoms with Gasteiger partial charge in [-0.1, -0.05) is 12.1 Å². The molecule has 2 aromatic carbocycles. The second kappa shape index (κ2) is 8.11. The number of pyridine rings is 1. The van der Waals surface area contributed by atoms with Crippen molar-refractivity contribution in [1.82, 2.24) is 10.3 Å². The second-order valence-corrected chi connectivity index (χ2v) is 5.46. The number of aromatic nitrogens is 1. The Balaban J connectivity index is 1.64. The molecule has 0 bridgehead atoms. The minimum atomic E-state index is -0.466. The maximum absolute atomic E-state index is 13.7. The topological polar surface area (TPSA) is 60.5 Å². The summed E-state index contributed by atoms with van der Waals surface area (Å²) in [5.74, 6) is 0.597. The Morgan fingerprint density at radius 1 is 1.08 bits per heavy atom. The van der Waals surface area contributed by atoms with Crippen molar-refractivity contribution < 1.29 is 18.7 Å². The molecule has 0 atom stereocenters. The number of ether oxygens (including phenoxy) is 2. The number of nitrogens with zero attached hydrogens (tertiary/aromatic N) is 1. The van der Waals surface area contributed by atoms with E-state index in [2.05, 4.69) is 10.3 Å². The average Bonchev–Trinajstić information content (AvgIpc) is 2.67. The fourth-order valence-corrected chi connectivity index (χ4v) is 2.35. The van der Waals surface area contributed by atoms with E-state index in [1.807, 2.05) is 0 Å². The molecular formula is C20H17FN2O3. The number of benzene rings is 2. The number of carbonyl (C=O) groups excluding carboxylic acids is 1. The van der Waals surface area contributed by atoms with Gasteiger partial charge in [0.05, 0.1) is 7.11 Å². The number of carbonyl (C=O) groups is 1. The van der Waals surface area contributed by atoms with Gasteiger partial charge >= 0.3 is 0 Å². The van der Waals surface area contributed by atoms with E-state index in [1.54, 1.807) is 54.9 Å². The molecule has 0 saturated heterocycles. The van der Waals surface area contributed by atoms with Gasteiger partial charge in [-0.25, -0.2) is 4.39 Å². The molecule has 0 fully saturated rings. The fraction of sp³-hybridized carbons (Fsp3) is 0.100. The first-order chi connectivity index (χ1) is 12.7. The molecule has 26 heavy (non-hydrogen) atoms. The van der Waals surface area contributed by atoms with Gasteiger partial charge in [-0.05, 0) is 48.0 Å². The zero-order valence-corrected chi connectivity index (χ0v) is 14.1. The van der Waals surface area contributed by atoms with Gasteiger partial charge in [0.15, 0.2) is 11.6 Å². The lowest BCUT2D eigenvalue weighted by Gasteiger charge is -2.09. The van der Waals surface area contributed by atoms with Crippen molar-refractivity contribution in [3.05, 3.63) is 83.9 Å². The van der Waals surface area contributed by atoms with Crippen molar-refractivity contribution in [2.75, 3.05) is 7.11 Å². The lowest BCUT2D eigenvalue weighted by Crippen LogP contribution is -2.22. The molecule has 5 nitrogen and oxygen atoms in total.